The molecule has 0 aliphatic carbocycles. The van der Waals surface area contributed by atoms with Gasteiger partial charge in [0.1, 0.15) is 11.7 Å². The van der Waals surface area contributed by atoms with Crippen LogP contribution >= 0.6 is 0 Å². The van der Waals surface area contributed by atoms with Gasteiger partial charge in [-0.3, -0.25) is 49.4 Å². The van der Waals surface area contributed by atoms with E-state index >= 15 is 0 Å². The van der Waals surface area contributed by atoms with Crippen LogP contribution in [-0.2, 0) is 0 Å². The predicted octanol–water partition coefficient (Wildman–Crippen LogP) is 5.32. The van der Waals surface area contributed by atoms with Gasteiger partial charge in [-0.05, 0) is 35.7 Å². The molecule has 2 aliphatic heterocycles. The van der Waals surface area contributed by atoms with Gasteiger partial charge in [0.15, 0.2) is 0 Å². The number of amides is 4. The van der Waals surface area contributed by atoms with Crippen LogP contribution in [0.5, 0.6) is 0 Å². The minimum absolute atomic E-state index is 0.0265. The van der Waals surface area contributed by atoms with Gasteiger partial charge in [0.05, 0.1) is 21.0 Å². The number of unbranched alkanes of at least 4 members (excludes halogenated alkanes) is 1. The van der Waals surface area contributed by atoms with E-state index in [1.165, 1.54) is 26.2 Å². The Kier molecular flexibility index (Phi) is 7.40. The summed E-state index contributed by atoms with van der Waals surface area (Å²) in [4.78, 5) is 86.2. The molecule has 0 saturated carbocycles. The van der Waals surface area contributed by atoms with Crippen molar-refractivity contribution in [1.82, 2.24) is 9.80 Å². The molecular formula is C32H24N6O8. The maximum absolute atomic E-state index is 13.6. The number of rotatable bonds is 7. The Morgan fingerprint density at radius 3 is 1.33 bits per heavy atom. The molecule has 0 bridgehead atoms. The highest BCUT2D eigenvalue weighted by atomic mass is 16.6. The van der Waals surface area contributed by atoms with Crippen LogP contribution in [0.15, 0.2) is 70.6 Å². The first-order valence-corrected chi connectivity index (χ1v) is 14.2. The molecule has 0 unspecified atom stereocenters. The normalized spacial score (nSPS) is 14.9. The molecule has 0 fully saturated rings. The zero-order valence-corrected chi connectivity index (χ0v) is 24.6. The van der Waals surface area contributed by atoms with Gasteiger partial charge < -0.3 is 0 Å². The zero-order chi connectivity index (χ0) is 32.9. The molecule has 14 heteroatoms. The fourth-order valence-electron chi connectivity index (χ4n) is 6.08. The number of hydrogen-bond acceptors (Lipinski definition) is 10. The Hall–Kier alpha value is -6.18. The van der Waals surface area contributed by atoms with E-state index in [0.29, 0.717) is 34.4 Å². The molecule has 0 radical (unpaired) electrons. The number of aliphatic imine (C=N–C) groups is 2. The molecule has 4 aromatic rings. The molecule has 2 heterocycles. The molecule has 4 aromatic carbocycles. The SMILES string of the molecule is C/N=C(\CCCC/C(=N\C)N1C(=O)c2cccc3cc([N+](=O)[O-])cc(c23)C1=O)N1C(=O)c2cccc3cc([N+](=O)[O-])cc(c23)C1=O. The number of benzene rings is 4. The Balaban J connectivity index is 1.20. The summed E-state index contributed by atoms with van der Waals surface area (Å²) in [5.41, 5.74) is -0.0578. The summed E-state index contributed by atoms with van der Waals surface area (Å²) in [6, 6.07) is 14.4. The van der Waals surface area contributed by atoms with Crippen molar-refractivity contribution in [2.75, 3.05) is 14.1 Å². The highest BCUT2D eigenvalue weighted by Gasteiger charge is 2.38. The smallest absolute Gasteiger partial charge is 0.270 e. The van der Waals surface area contributed by atoms with Gasteiger partial charge in [0.25, 0.3) is 35.0 Å². The summed E-state index contributed by atoms with van der Waals surface area (Å²) in [7, 11) is 2.86. The highest BCUT2D eigenvalue weighted by Crippen LogP contribution is 2.35. The van der Waals surface area contributed by atoms with Crippen LogP contribution in [0, 0.1) is 20.2 Å². The summed E-state index contributed by atoms with van der Waals surface area (Å²) >= 11 is 0. The van der Waals surface area contributed by atoms with E-state index < -0.39 is 33.5 Å². The molecule has 4 amide bonds. The third-order valence-corrected chi connectivity index (χ3v) is 8.16. The number of carbonyl (C=O) groups is 4. The van der Waals surface area contributed by atoms with Crippen molar-refractivity contribution in [2.24, 2.45) is 9.98 Å². The average molecular weight is 621 g/mol. The molecular weight excluding hydrogens is 596 g/mol. The molecule has 2 aliphatic rings. The molecule has 0 spiro atoms. The molecule has 14 nitrogen and oxygen atoms in total. The molecule has 0 aromatic heterocycles. The number of imide groups is 2. The van der Waals surface area contributed by atoms with Crippen LogP contribution in [0.1, 0.15) is 67.1 Å². The van der Waals surface area contributed by atoms with E-state index in [0.717, 1.165) is 21.9 Å². The Labute approximate surface area is 259 Å². The van der Waals surface area contributed by atoms with E-state index in [4.69, 9.17) is 0 Å². The summed E-state index contributed by atoms with van der Waals surface area (Å²) in [5.74, 6) is -2.34. The first kappa shape index (κ1) is 29.9. The lowest BCUT2D eigenvalue weighted by Gasteiger charge is -2.28. The minimum atomic E-state index is -0.722. The van der Waals surface area contributed by atoms with Crippen LogP contribution < -0.4 is 0 Å². The van der Waals surface area contributed by atoms with E-state index in [2.05, 4.69) is 9.98 Å². The van der Waals surface area contributed by atoms with Crippen molar-refractivity contribution >= 4 is 68.2 Å². The second kappa shape index (κ2) is 11.4. The van der Waals surface area contributed by atoms with Gasteiger partial charge in [-0.2, -0.15) is 0 Å². The molecule has 0 saturated heterocycles. The van der Waals surface area contributed by atoms with Crippen molar-refractivity contribution in [1.29, 1.82) is 0 Å². The number of hydrogen-bond donors (Lipinski definition) is 0. The maximum atomic E-state index is 13.6. The van der Waals surface area contributed by atoms with Gasteiger partial charge in [-0.15, -0.1) is 0 Å². The van der Waals surface area contributed by atoms with Gasteiger partial charge in [-0.1, -0.05) is 24.3 Å². The molecule has 6 rings (SSSR count). The fraction of sp³-hybridized carbons (Fsp3) is 0.188. The fourth-order valence-corrected chi connectivity index (χ4v) is 6.08. The monoisotopic (exact) mass is 620 g/mol. The molecule has 0 N–H and O–H groups in total. The zero-order valence-electron chi connectivity index (χ0n) is 24.6. The van der Waals surface area contributed by atoms with Crippen LogP contribution in [0.25, 0.3) is 21.5 Å². The van der Waals surface area contributed by atoms with Crippen LogP contribution in [-0.4, -0.2) is 69.0 Å². The number of nitro benzene ring substituents is 2. The Morgan fingerprint density at radius 2 is 0.978 bits per heavy atom. The number of non-ortho nitro benzene ring substituents is 2. The minimum Gasteiger partial charge on any atom is -0.275 e. The lowest BCUT2D eigenvalue weighted by molar-refractivity contribution is -0.384. The lowest BCUT2D eigenvalue weighted by atomic mass is 9.92. The summed E-state index contributed by atoms with van der Waals surface area (Å²) in [6.45, 7) is 0. The predicted molar refractivity (Wildman–Crippen MR) is 167 cm³/mol. The van der Waals surface area contributed by atoms with Gasteiger partial charge >= 0.3 is 0 Å². The van der Waals surface area contributed by atoms with Crippen molar-refractivity contribution in [3.63, 3.8) is 0 Å². The first-order valence-electron chi connectivity index (χ1n) is 14.2. The van der Waals surface area contributed by atoms with Gasteiger partial charge in [0, 0.05) is 73.1 Å². The maximum Gasteiger partial charge on any atom is 0.270 e. The molecule has 0 atom stereocenters. The van der Waals surface area contributed by atoms with Crippen molar-refractivity contribution in [3.8, 4) is 0 Å². The molecule has 230 valence electrons. The number of nitro groups is 2. The summed E-state index contributed by atoms with van der Waals surface area (Å²) < 4.78 is 0. The third-order valence-electron chi connectivity index (χ3n) is 8.16. The van der Waals surface area contributed by atoms with Crippen molar-refractivity contribution < 1.29 is 29.0 Å². The summed E-state index contributed by atoms with van der Waals surface area (Å²) in [5, 5.41) is 24.5. The average Bonchev–Trinajstić information content (AvgIpc) is 3.05. The number of amidine groups is 2. The lowest BCUT2D eigenvalue weighted by Crippen LogP contribution is -2.45. The standard InChI is InChI=1S/C32H24N6O8/c1-33-25(35-29(39)21-9-5-7-17-13-19(37(43)44)15-23(27(17)21)31(35)41)11-3-4-12-26(34-2)36-30(40)22-10-6-8-18-14-20(38(45)46)16-24(28(18)22)32(36)42/h5-10,13-16H,3-4,11-12H2,1-2H3/b33-25+,34-26+. The van der Waals surface area contributed by atoms with E-state index in [1.807, 2.05) is 0 Å². The van der Waals surface area contributed by atoms with Crippen molar-refractivity contribution in [2.45, 2.75) is 25.7 Å². The van der Waals surface area contributed by atoms with Crippen LogP contribution in [0.3, 0.4) is 0 Å². The Morgan fingerprint density at radius 1 is 0.609 bits per heavy atom. The van der Waals surface area contributed by atoms with E-state index in [9.17, 15) is 39.4 Å². The van der Waals surface area contributed by atoms with E-state index in [-0.39, 0.29) is 58.1 Å². The topological polar surface area (TPSA) is 186 Å². The summed E-state index contributed by atoms with van der Waals surface area (Å²) in [6.07, 6.45) is 1.04. The van der Waals surface area contributed by atoms with Gasteiger partial charge in [-0.25, -0.2) is 9.80 Å². The highest BCUT2D eigenvalue weighted by molar-refractivity contribution is 6.33. The quantitative estimate of drug-likeness (QED) is 0.0663. The number of nitrogens with zero attached hydrogens (tertiary/aromatic N) is 6. The van der Waals surface area contributed by atoms with Crippen molar-refractivity contribution in [3.05, 3.63) is 103 Å². The van der Waals surface area contributed by atoms with E-state index in [1.54, 1.807) is 36.4 Å². The largest absolute Gasteiger partial charge is 0.275 e. The van der Waals surface area contributed by atoms with Gasteiger partial charge in [0.2, 0.25) is 0 Å². The van der Waals surface area contributed by atoms with Crippen LogP contribution in [0.2, 0.25) is 0 Å². The van der Waals surface area contributed by atoms with Crippen LogP contribution in [0.4, 0.5) is 11.4 Å². The number of carbonyl (C=O) groups excluding carboxylic acids is 4. The Bertz CT molecular complexity index is 1990. The first-order chi connectivity index (χ1) is 22.1. The third kappa shape index (κ3) is 4.67. The molecule has 46 heavy (non-hydrogen) atoms. The second-order valence-electron chi connectivity index (χ2n) is 10.7. The second-order valence-corrected chi connectivity index (χ2v) is 10.7.